The van der Waals surface area contributed by atoms with Gasteiger partial charge in [0.25, 0.3) is 0 Å². The summed E-state index contributed by atoms with van der Waals surface area (Å²) in [6.45, 7) is 6.57. The van der Waals surface area contributed by atoms with Gasteiger partial charge >= 0.3 is 0 Å². The molecule has 0 fully saturated rings. The van der Waals surface area contributed by atoms with Gasteiger partial charge in [-0.25, -0.2) is 0 Å². The first-order chi connectivity index (χ1) is 7.99. The molecule has 0 aliphatic heterocycles. The first-order valence-electron chi connectivity index (χ1n) is 5.76. The molecule has 0 aromatic heterocycles. The number of aromatic hydroxyl groups is 1. The van der Waals surface area contributed by atoms with Gasteiger partial charge in [0.05, 0.1) is 17.2 Å². The van der Waals surface area contributed by atoms with Gasteiger partial charge in [0, 0.05) is 13.1 Å². The molecule has 1 aromatic carbocycles. The molecule has 3 nitrogen and oxygen atoms in total. The first kappa shape index (κ1) is 14.5. The second-order valence-electron chi connectivity index (χ2n) is 4.44. The number of benzene rings is 1. The highest BCUT2D eigenvalue weighted by atomic mass is 79.9. The van der Waals surface area contributed by atoms with Gasteiger partial charge in [0.15, 0.2) is 0 Å². The van der Waals surface area contributed by atoms with E-state index in [2.05, 4.69) is 27.9 Å². The number of likely N-dealkylation sites (N-methyl/N-ethyl adjacent to an activating group) is 1. The van der Waals surface area contributed by atoms with Crippen LogP contribution in [0.1, 0.15) is 19.4 Å². The van der Waals surface area contributed by atoms with Gasteiger partial charge in [0.1, 0.15) is 5.75 Å². The van der Waals surface area contributed by atoms with E-state index in [0.29, 0.717) is 0 Å². The van der Waals surface area contributed by atoms with Gasteiger partial charge in [0.2, 0.25) is 0 Å². The van der Waals surface area contributed by atoms with Crippen LogP contribution in [0.2, 0.25) is 0 Å². The van der Waals surface area contributed by atoms with Crippen molar-refractivity contribution in [2.24, 2.45) is 0 Å². The summed E-state index contributed by atoms with van der Waals surface area (Å²) in [6.07, 6.45) is 0.284. The normalized spacial score (nSPS) is 11.4. The minimum atomic E-state index is 0.277. The summed E-state index contributed by atoms with van der Waals surface area (Å²) < 4.78 is 6.24. The Labute approximate surface area is 112 Å². The van der Waals surface area contributed by atoms with Crippen molar-refractivity contribution in [2.75, 3.05) is 20.2 Å². The van der Waals surface area contributed by atoms with Crippen molar-refractivity contribution >= 4 is 15.9 Å². The molecule has 0 amide bonds. The third-order valence-electron chi connectivity index (χ3n) is 2.39. The maximum absolute atomic E-state index is 9.40. The standard InChI is InChI=1S/C13H20BrNO2/c1-10(2)17-7-6-15(3)9-11-4-5-13(16)12(14)8-11/h4-5,8,10,16H,6-7,9H2,1-3H3. The van der Waals surface area contributed by atoms with Gasteiger partial charge < -0.3 is 9.84 Å². The lowest BCUT2D eigenvalue weighted by molar-refractivity contribution is 0.0627. The SMILES string of the molecule is CC(C)OCCN(C)Cc1ccc(O)c(Br)c1. The van der Waals surface area contributed by atoms with Crippen LogP contribution in [0.3, 0.4) is 0 Å². The zero-order valence-electron chi connectivity index (χ0n) is 10.6. The van der Waals surface area contributed by atoms with Crippen molar-refractivity contribution in [3.63, 3.8) is 0 Å². The molecular weight excluding hydrogens is 282 g/mol. The van der Waals surface area contributed by atoms with E-state index < -0.39 is 0 Å². The molecule has 0 unspecified atom stereocenters. The van der Waals surface area contributed by atoms with Crippen molar-refractivity contribution in [3.05, 3.63) is 28.2 Å². The first-order valence-corrected chi connectivity index (χ1v) is 6.56. The van der Waals surface area contributed by atoms with Crippen molar-refractivity contribution in [3.8, 4) is 5.75 Å². The van der Waals surface area contributed by atoms with Crippen LogP contribution >= 0.6 is 15.9 Å². The Hall–Kier alpha value is -0.580. The number of rotatable bonds is 6. The van der Waals surface area contributed by atoms with E-state index in [1.807, 2.05) is 26.0 Å². The summed E-state index contributed by atoms with van der Waals surface area (Å²) in [5, 5.41) is 9.40. The number of ether oxygens (including phenoxy) is 1. The van der Waals surface area contributed by atoms with Crippen LogP contribution in [0.5, 0.6) is 5.75 Å². The second kappa shape index (κ2) is 6.99. The number of phenolic OH excluding ortho intramolecular Hbond substituents is 1. The molecule has 96 valence electrons. The molecule has 0 spiro atoms. The molecule has 4 heteroatoms. The van der Waals surface area contributed by atoms with Gasteiger partial charge in [-0.2, -0.15) is 0 Å². The lowest BCUT2D eigenvalue weighted by Gasteiger charge is -2.18. The predicted molar refractivity (Wildman–Crippen MR) is 73.2 cm³/mol. The average molecular weight is 302 g/mol. The van der Waals surface area contributed by atoms with Crippen LogP contribution in [-0.2, 0) is 11.3 Å². The molecule has 0 aliphatic rings. The van der Waals surface area contributed by atoms with Gasteiger partial charge in [-0.1, -0.05) is 6.07 Å². The molecule has 0 bridgehead atoms. The monoisotopic (exact) mass is 301 g/mol. The number of nitrogens with zero attached hydrogens (tertiary/aromatic N) is 1. The summed E-state index contributed by atoms with van der Waals surface area (Å²) >= 11 is 3.31. The fraction of sp³-hybridized carbons (Fsp3) is 0.538. The molecule has 1 N–H and O–H groups in total. The summed E-state index contributed by atoms with van der Waals surface area (Å²) in [4.78, 5) is 2.20. The van der Waals surface area contributed by atoms with E-state index in [9.17, 15) is 5.11 Å². The van der Waals surface area contributed by atoms with Gasteiger partial charge in [-0.3, -0.25) is 4.90 Å². The van der Waals surface area contributed by atoms with Crippen molar-refractivity contribution < 1.29 is 9.84 Å². The molecule has 1 rings (SSSR count). The average Bonchev–Trinajstić information content (AvgIpc) is 2.23. The Morgan fingerprint density at radius 2 is 2.12 bits per heavy atom. The Morgan fingerprint density at radius 3 is 2.71 bits per heavy atom. The Morgan fingerprint density at radius 1 is 1.41 bits per heavy atom. The van der Waals surface area contributed by atoms with Crippen LogP contribution < -0.4 is 0 Å². The topological polar surface area (TPSA) is 32.7 Å². The fourth-order valence-electron chi connectivity index (χ4n) is 1.48. The molecule has 0 radical (unpaired) electrons. The summed E-state index contributed by atoms with van der Waals surface area (Å²) in [6, 6.07) is 5.58. The van der Waals surface area contributed by atoms with Crippen molar-refractivity contribution in [1.82, 2.24) is 4.90 Å². The number of phenols is 1. The van der Waals surface area contributed by atoms with Crippen LogP contribution in [0.4, 0.5) is 0 Å². The van der Waals surface area contributed by atoms with E-state index in [4.69, 9.17) is 4.74 Å². The predicted octanol–water partition coefficient (Wildman–Crippen LogP) is 3.01. The highest BCUT2D eigenvalue weighted by Gasteiger charge is 2.04. The van der Waals surface area contributed by atoms with Crippen LogP contribution in [0.25, 0.3) is 0 Å². The molecule has 0 aliphatic carbocycles. The maximum atomic E-state index is 9.40. The van der Waals surface area contributed by atoms with E-state index in [0.717, 1.165) is 24.2 Å². The lowest BCUT2D eigenvalue weighted by atomic mass is 10.2. The number of hydrogen-bond acceptors (Lipinski definition) is 3. The van der Waals surface area contributed by atoms with Crippen LogP contribution in [0, 0.1) is 0 Å². The highest BCUT2D eigenvalue weighted by molar-refractivity contribution is 9.10. The number of hydrogen-bond donors (Lipinski definition) is 1. The minimum absolute atomic E-state index is 0.277. The number of halogens is 1. The third kappa shape index (κ3) is 5.52. The van der Waals surface area contributed by atoms with Crippen LogP contribution in [-0.4, -0.2) is 36.3 Å². The smallest absolute Gasteiger partial charge is 0.129 e. The lowest BCUT2D eigenvalue weighted by Crippen LogP contribution is -2.23. The molecule has 0 saturated heterocycles. The van der Waals surface area contributed by atoms with E-state index in [-0.39, 0.29) is 11.9 Å². The molecular formula is C13H20BrNO2. The molecule has 0 atom stereocenters. The quantitative estimate of drug-likeness (QED) is 0.877. The van der Waals surface area contributed by atoms with Gasteiger partial charge in [-0.05, 0) is 54.5 Å². The largest absolute Gasteiger partial charge is 0.507 e. The summed E-state index contributed by atoms with van der Waals surface area (Å²) in [5.41, 5.74) is 1.17. The summed E-state index contributed by atoms with van der Waals surface area (Å²) in [5.74, 6) is 0.277. The molecule has 1 aromatic rings. The Kier molecular flexibility index (Phi) is 5.95. The Balaban J connectivity index is 2.39. The maximum Gasteiger partial charge on any atom is 0.129 e. The van der Waals surface area contributed by atoms with Crippen molar-refractivity contribution in [2.45, 2.75) is 26.5 Å². The zero-order chi connectivity index (χ0) is 12.8. The van der Waals surface area contributed by atoms with Crippen molar-refractivity contribution in [1.29, 1.82) is 0 Å². The molecule has 0 heterocycles. The summed E-state index contributed by atoms with van der Waals surface area (Å²) in [7, 11) is 2.06. The molecule has 17 heavy (non-hydrogen) atoms. The van der Waals surface area contributed by atoms with E-state index >= 15 is 0 Å². The highest BCUT2D eigenvalue weighted by Crippen LogP contribution is 2.24. The minimum Gasteiger partial charge on any atom is -0.507 e. The Bertz CT molecular complexity index is 355. The third-order valence-corrected chi connectivity index (χ3v) is 3.02. The molecule has 0 saturated carbocycles. The fourth-order valence-corrected chi connectivity index (χ4v) is 1.91. The van der Waals surface area contributed by atoms with E-state index in [1.54, 1.807) is 6.07 Å². The van der Waals surface area contributed by atoms with E-state index in [1.165, 1.54) is 5.56 Å². The zero-order valence-corrected chi connectivity index (χ0v) is 12.2. The van der Waals surface area contributed by atoms with Gasteiger partial charge in [-0.15, -0.1) is 0 Å². The second-order valence-corrected chi connectivity index (χ2v) is 5.30. The van der Waals surface area contributed by atoms with Crippen LogP contribution in [0.15, 0.2) is 22.7 Å².